The van der Waals surface area contributed by atoms with Gasteiger partial charge in [0.05, 0.1) is 0 Å². The second-order valence-electron chi connectivity index (χ2n) is 5.76. The molecule has 0 aliphatic heterocycles. The van der Waals surface area contributed by atoms with Gasteiger partial charge in [-0.15, -0.1) is 0 Å². The zero-order valence-electron chi connectivity index (χ0n) is 13.5. The first kappa shape index (κ1) is 18.9. The fourth-order valence-electron chi connectivity index (χ4n) is 1.59. The van der Waals surface area contributed by atoms with Crippen LogP contribution in [0.25, 0.3) is 0 Å². The largest absolute Gasteiger partial charge is 0.491 e. The van der Waals surface area contributed by atoms with Gasteiger partial charge in [-0.2, -0.15) is 0 Å². The smallest absolute Gasteiger partial charge is 0.333 e. The Morgan fingerprint density at radius 1 is 1.22 bits per heavy atom. The van der Waals surface area contributed by atoms with Crippen molar-refractivity contribution >= 4 is 11.8 Å². The summed E-state index contributed by atoms with van der Waals surface area (Å²) in [4.78, 5) is 23.0. The molecule has 6 heteroatoms. The van der Waals surface area contributed by atoms with E-state index in [-0.39, 0.29) is 18.8 Å². The number of carbonyl (C=O) groups excluding carboxylic acids is 2. The fraction of sp³-hybridized carbons (Fsp3) is 0.412. The number of aliphatic hydroxyl groups excluding tert-OH is 1. The van der Waals surface area contributed by atoms with Crippen molar-refractivity contribution in [1.29, 1.82) is 0 Å². The second-order valence-corrected chi connectivity index (χ2v) is 5.76. The van der Waals surface area contributed by atoms with E-state index in [1.54, 1.807) is 12.1 Å². The first-order chi connectivity index (χ1) is 10.6. The minimum atomic E-state index is -1.44. The van der Waals surface area contributed by atoms with E-state index in [9.17, 15) is 19.8 Å². The fourth-order valence-corrected chi connectivity index (χ4v) is 1.59. The Morgan fingerprint density at radius 3 is 2.26 bits per heavy atom. The Hall–Kier alpha value is -2.18. The summed E-state index contributed by atoms with van der Waals surface area (Å²) in [5, 5.41) is 19.3. The summed E-state index contributed by atoms with van der Waals surface area (Å²) >= 11 is 0. The van der Waals surface area contributed by atoms with Gasteiger partial charge in [0.25, 0.3) is 0 Å². The molecule has 0 aliphatic carbocycles. The van der Waals surface area contributed by atoms with Crippen LogP contribution in [-0.4, -0.2) is 46.9 Å². The van der Waals surface area contributed by atoms with E-state index in [1.807, 2.05) is 0 Å². The van der Waals surface area contributed by atoms with Gasteiger partial charge < -0.3 is 19.7 Å². The maximum atomic E-state index is 11.9. The Labute approximate surface area is 135 Å². The van der Waals surface area contributed by atoms with Crippen LogP contribution in [0.2, 0.25) is 0 Å². The summed E-state index contributed by atoms with van der Waals surface area (Å²) in [5.41, 5.74) is -0.822. The van der Waals surface area contributed by atoms with Crippen LogP contribution in [0.1, 0.15) is 31.1 Å². The number of ether oxygens (including phenoxy) is 2. The van der Waals surface area contributed by atoms with Crippen LogP contribution in [0.5, 0.6) is 5.75 Å². The molecule has 1 rings (SSSR count). The lowest BCUT2D eigenvalue weighted by molar-refractivity contribution is -0.142. The highest BCUT2D eigenvalue weighted by Gasteiger charge is 2.25. The lowest BCUT2D eigenvalue weighted by Gasteiger charge is -2.16. The average Bonchev–Trinajstić information content (AvgIpc) is 2.49. The molecule has 0 aliphatic rings. The van der Waals surface area contributed by atoms with Crippen LogP contribution in [0.4, 0.5) is 0 Å². The first-order valence-electron chi connectivity index (χ1n) is 7.12. The lowest BCUT2D eigenvalue weighted by Crippen LogP contribution is -2.31. The van der Waals surface area contributed by atoms with Gasteiger partial charge in [-0.3, -0.25) is 4.79 Å². The van der Waals surface area contributed by atoms with E-state index >= 15 is 0 Å². The van der Waals surface area contributed by atoms with Crippen molar-refractivity contribution in [1.82, 2.24) is 0 Å². The highest BCUT2D eigenvalue weighted by atomic mass is 16.5. The van der Waals surface area contributed by atoms with E-state index in [2.05, 4.69) is 6.58 Å². The molecule has 1 aromatic carbocycles. The van der Waals surface area contributed by atoms with Crippen molar-refractivity contribution < 1.29 is 29.3 Å². The molecule has 2 N–H and O–H groups in total. The van der Waals surface area contributed by atoms with Crippen molar-refractivity contribution in [3.63, 3.8) is 0 Å². The van der Waals surface area contributed by atoms with Crippen molar-refractivity contribution in [3.05, 3.63) is 42.0 Å². The number of rotatable bonds is 8. The van der Waals surface area contributed by atoms with Crippen molar-refractivity contribution in [3.8, 4) is 5.75 Å². The minimum Gasteiger partial charge on any atom is -0.491 e. The molecule has 1 atom stereocenters. The molecule has 0 bridgehead atoms. The van der Waals surface area contributed by atoms with Gasteiger partial charge in [0, 0.05) is 11.1 Å². The molecule has 0 saturated carbocycles. The zero-order valence-corrected chi connectivity index (χ0v) is 13.5. The maximum absolute atomic E-state index is 11.9. The van der Waals surface area contributed by atoms with Crippen LogP contribution in [0, 0.1) is 0 Å². The third kappa shape index (κ3) is 6.22. The molecule has 6 nitrogen and oxygen atoms in total. The predicted molar refractivity (Wildman–Crippen MR) is 84.3 cm³/mol. The van der Waals surface area contributed by atoms with Gasteiger partial charge in [0.1, 0.15) is 30.7 Å². The number of hydrogen-bond donors (Lipinski definition) is 2. The third-order valence-electron chi connectivity index (χ3n) is 2.87. The summed E-state index contributed by atoms with van der Waals surface area (Å²) in [5.74, 6) is -0.517. The summed E-state index contributed by atoms with van der Waals surface area (Å²) in [6.45, 7) is 7.53. The number of hydrogen-bond acceptors (Lipinski definition) is 6. The molecule has 0 spiro atoms. The normalized spacial score (nSPS) is 12.4. The van der Waals surface area contributed by atoms with Crippen molar-refractivity contribution in [2.75, 3.05) is 13.2 Å². The molecule has 23 heavy (non-hydrogen) atoms. The maximum Gasteiger partial charge on any atom is 0.333 e. The molecule has 0 saturated heterocycles. The second kappa shape index (κ2) is 7.89. The van der Waals surface area contributed by atoms with E-state index in [1.165, 1.54) is 32.9 Å². The van der Waals surface area contributed by atoms with Gasteiger partial charge in [-0.1, -0.05) is 6.58 Å². The molecule has 1 unspecified atom stereocenters. The Bertz CT molecular complexity index is 568. The topological polar surface area (TPSA) is 93.1 Å². The van der Waals surface area contributed by atoms with E-state index < -0.39 is 23.5 Å². The highest BCUT2D eigenvalue weighted by Crippen LogP contribution is 2.17. The number of carbonyl (C=O) groups is 2. The SMILES string of the molecule is C=C(C)C(=O)OCC(O)COc1ccc(C(=O)C(C)(C)O)cc1. The number of Topliss-reactive ketones (excluding diaryl/α,β-unsaturated/α-hetero) is 1. The van der Waals surface area contributed by atoms with Crippen LogP contribution in [0.15, 0.2) is 36.4 Å². The van der Waals surface area contributed by atoms with Gasteiger partial charge in [0.15, 0.2) is 5.78 Å². The molecule has 1 aromatic rings. The standard InChI is InChI=1S/C17H22O6/c1-11(2)16(20)23-10-13(18)9-22-14-7-5-12(6-8-14)15(19)17(3,4)21/h5-8,13,18,21H,1,9-10H2,2-4H3. The van der Waals surface area contributed by atoms with Gasteiger partial charge >= 0.3 is 5.97 Å². The van der Waals surface area contributed by atoms with E-state index in [0.29, 0.717) is 11.3 Å². The van der Waals surface area contributed by atoms with E-state index in [4.69, 9.17) is 9.47 Å². The number of aliphatic hydroxyl groups is 2. The molecule has 126 valence electrons. The van der Waals surface area contributed by atoms with Crippen LogP contribution < -0.4 is 4.74 Å². The average molecular weight is 322 g/mol. The van der Waals surface area contributed by atoms with Gasteiger partial charge in [-0.25, -0.2) is 4.79 Å². The summed E-state index contributed by atoms with van der Waals surface area (Å²) in [6.07, 6.45) is -0.976. The molecular weight excluding hydrogens is 300 g/mol. The molecule has 0 amide bonds. The number of benzene rings is 1. The van der Waals surface area contributed by atoms with Crippen LogP contribution in [0.3, 0.4) is 0 Å². The van der Waals surface area contributed by atoms with Crippen molar-refractivity contribution in [2.24, 2.45) is 0 Å². The van der Waals surface area contributed by atoms with Crippen LogP contribution >= 0.6 is 0 Å². The predicted octanol–water partition coefficient (Wildman–Crippen LogP) is 1.50. The number of ketones is 1. The van der Waals surface area contributed by atoms with Crippen molar-refractivity contribution in [2.45, 2.75) is 32.5 Å². The monoisotopic (exact) mass is 322 g/mol. The zero-order chi connectivity index (χ0) is 17.6. The van der Waals surface area contributed by atoms with Gasteiger partial charge in [0.2, 0.25) is 0 Å². The Balaban J connectivity index is 2.48. The highest BCUT2D eigenvalue weighted by molar-refractivity contribution is 6.01. The third-order valence-corrected chi connectivity index (χ3v) is 2.87. The Morgan fingerprint density at radius 2 is 1.78 bits per heavy atom. The van der Waals surface area contributed by atoms with E-state index in [0.717, 1.165) is 0 Å². The first-order valence-corrected chi connectivity index (χ1v) is 7.12. The molecule has 0 radical (unpaired) electrons. The quantitative estimate of drug-likeness (QED) is 0.428. The lowest BCUT2D eigenvalue weighted by atomic mass is 9.97. The van der Waals surface area contributed by atoms with Crippen LogP contribution in [-0.2, 0) is 9.53 Å². The Kier molecular flexibility index (Phi) is 6.48. The summed E-state index contributed by atoms with van der Waals surface area (Å²) < 4.78 is 10.1. The summed E-state index contributed by atoms with van der Waals surface area (Å²) in [7, 11) is 0. The number of esters is 1. The molecule has 0 heterocycles. The molecule has 0 fully saturated rings. The summed E-state index contributed by atoms with van der Waals surface area (Å²) in [6, 6.07) is 6.18. The molecule has 0 aromatic heterocycles. The molecular formula is C17H22O6. The van der Waals surface area contributed by atoms with Gasteiger partial charge in [-0.05, 0) is 45.0 Å². The minimum absolute atomic E-state index is 0.0672.